The second-order valence-corrected chi connectivity index (χ2v) is 5.51. The first-order chi connectivity index (χ1) is 10.3. The van der Waals surface area contributed by atoms with Gasteiger partial charge in [-0.1, -0.05) is 0 Å². The van der Waals surface area contributed by atoms with Crippen molar-refractivity contribution in [2.24, 2.45) is 0 Å². The van der Waals surface area contributed by atoms with Crippen LogP contribution in [-0.4, -0.2) is 104 Å². The highest BCUT2D eigenvalue weighted by molar-refractivity contribution is 4.93. The third-order valence-electron chi connectivity index (χ3n) is 3.94. The zero-order valence-electron chi connectivity index (χ0n) is 11.8. The van der Waals surface area contributed by atoms with E-state index in [1.54, 1.807) is 0 Å². The summed E-state index contributed by atoms with van der Waals surface area (Å²) in [5, 5.41) is 67.6. The van der Waals surface area contributed by atoms with E-state index in [9.17, 15) is 30.6 Å². The molecule has 130 valence electrons. The molecule has 0 bridgehead atoms. The topological polar surface area (TPSA) is 169 Å². The Kier molecular flexibility index (Phi) is 5.72. The Bertz CT molecular complexity index is 368. The summed E-state index contributed by atoms with van der Waals surface area (Å²) >= 11 is 0. The van der Waals surface area contributed by atoms with E-state index in [1.165, 1.54) is 6.92 Å². The van der Waals surface area contributed by atoms with Crippen molar-refractivity contribution >= 4 is 0 Å². The zero-order chi connectivity index (χ0) is 16.6. The van der Waals surface area contributed by atoms with Gasteiger partial charge < -0.3 is 50.0 Å². The van der Waals surface area contributed by atoms with E-state index >= 15 is 0 Å². The molecule has 0 aromatic carbocycles. The molecule has 2 saturated heterocycles. The third-order valence-corrected chi connectivity index (χ3v) is 3.94. The van der Waals surface area contributed by atoms with Gasteiger partial charge in [-0.05, 0) is 6.92 Å². The lowest BCUT2D eigenvalue weighted by Gasteiger charge is -2.44. The van der Waals surface area contributed by atoms with Crippen LogP contribution in [0.5, 0.6) is 0 Å². The minimum atomic E-state index is -1.71. The number of ether oxygens (including phenoxy) is 3. The van der Waals surface area contributed by atoms with Gasteiger partial charge in [-0.25, -0.2) is 0 Å². The van der Waals surface area contributed by atoms with E-state index in [2.05, 4.69) is 0 Å². The maximum Gasteiger partial charge on any atom is 0.187 e. The molecule has 2 aliphatic heterocycles. The Hall–Kier alpha value is -0.400. The fraction of sp³-hybridized carbons (Fsp3) is 1.00. The summed E-state index contributed by atoms with van der Waals surface area (Å²) in [5.74, 6) is 0. The Morgan fingerprint density at radius 2 is 1.45 bits per heavy atom. The molecule has 10 heteroatoms. The van der Waals surface area contributed by atoms with Crippen molar-refractivity contribution in [2.75, 3.05) is 6.61 Å². The predicted octanol–water partition coefficient (Wildman–Crippen LogP) is -4.37. The molecule has 0 saturated carbocycles. The summed E-state index contributed by atoms with van der Waals surface area (Å²) in [6.07, 6.45) is -14.3. The van der Waals surface area contributed by atoms with Gasteiger partial charge in [0, 0.05) is 0 Å². The maximum absolute atomic E-state index is 9.99. The van der Waals surface area contributed by atoms with Crippen molar-refractivity contribution in [2.45, 2.75) is 68.3 Å². The SMILES string of the molecule is C[C@@H]1O[C@@H](O[C@@H]2[C@@H](O)[C@@H](O)O[C@H](CO)[C@@H]2O)[C@@H](O)[C@H](O)[C@@H]1O. The van der Waals surface area contributed by atoms with E-state index in [1.807, 2.05) is 0 Å². The molecule has 2 fully saturated rings. The summed E-state index contributed by atoms with van der Waals surface area (Å²) in [7, 11) is 0. The van der Waals surface area contributed by atoms with Crippen LogP contribution >= 0.6 is 0 Å². The lowest BCUT2D eigenvalue weighted by atomic mass is 9.97. The highest BCUT2D eigenvalue weighted by Gasteiger charge is 2.49. The fourth-order valence-electron chi connectivity index (χ4n) is 2.51. The summed E-state index contributed by atoms with van der Waals surface area (Å²) in [6.45, 7) is 0.814. The van der Waals surface area contributed by atoms with Crippen LogP contribution in [0.15, 0.2) is 0 Å². The quantitative estimate of drug-likeness (QED) is 0.269. The Morgan fingerprint density at radius 1 is 0.818 bits per heavy atom. The highest BCUT2D eigenvalue weighted by atomic mass is 16.7. The first-order valence-corrected chi connectivity index (χ1v) is 6.93. The highest BCUT2D eigenvalue weighted by Crippen LogP contribution is 2.28. The molecule has 0 aromatic heterocycles. The fourth-order valence-corrected chi connectivity index (χ4v) is 2.51. The van der Waals surface area contributed by atoms with Crippen molar-refractivity contribution < 1.29 is 50.0 Å². The minimum Gasteiger partial charge on any atom is -0.394 e. The van der Waals surface area contributed by atoms with Gasteiger partial charge in [0.15, 0.2) is 12.6 Å². The smallest absolute Gasteiger partial charge is 0.187 e. The van der Waals surface area contributed by atoms with Gasteiger partial charge in [-0.15, -0.1) is 0 Å². The van der Waals surface area contributed by atoms with Gasteiger partial charge in [-0.3, -0.25) is 0 Å². The third kappa shape index (κ3) is 3.26. The van der Waals surface area contributed by atoms with Crippen LogP contribution in [0.3, 0.4) is 0 Å². The number of aliphatic hydroxyl groups is 7. The zero-order valence-corrected chi connectivity index (χ0v) is 11.8. The van der Waals surface area contributed by atoms with E-state index in [0.717, 1.165) is 0 Å². The molecule has 22 heavy (non-hydrogen) atoms. The molecule has 10 nitrogen and oxygen atoms in total. The maximum atomic E-state index is 9.99. The number of aliphatic hydroxyl groups excluding tert-OH is 7. The van der Waals surface area contributed by atoms with Crippen LogP contribution in [0.25, 0.3) is 0 Å². The molecule has 7 N–H and O–H groups in total. The summed E-state index contributed by atoms with van der Waals surface area (Å²) in [6, 6.07) is 0. The molecule has 0 spiro atoms. The van der Waals surface area contributed by atoms with Crippen molar-refractivity contribution in [1.82, 2.24) is 0 Å². The largest absolute Gasteiger partial charge is 0.394 e. The van der Waals surface area contributed by atoms with Crippen molar-refractivity contribution in [3.8, 4) is 0 Å². The molecule has 2 aliphatic rings. The van der Waals surface area contributed by atoms with Crippen molar-refractivity contribution in [1.29, 1.82) is 0 Å². The Labute approximate surface area is 126 Å². The average Bonchev–Trinajstić information content (AvgIpc) is 2.50. The second-order valence-electron chi connectivity index (χ2n) is 5.51. The molecule has 0 amide bonds. The standard InChI is InChI=1S/C12H22O10/c1-3-5(14)7(16)8(17)12(20-3)22-10-6(15)4(2-13)21-11(19)9(10)18/h3-19H,2H2,1H3/t3-,4+,5+,6-,7+,8-,9+,10-,11-,12-/m0/s1. The first-order valence-electron chi connectivity index (χ1n) is 6.93. The van der Waals surface area contributed by atoms with E-state index in [4.69, 9.17) is 19.3 Å². The molecule has 2 heterocycles. The van der Waals surface area contributed by atoms with Crippen LogP contribution in [0.4, 0.5) is 0 Å². The first kappa shape index (κ1) is 17.9. The van der Waals surface area contributed by atoms with E-state index in [-0.39, 0.29) is 0 Å². The molecular formula is C12H22O10. The molecule has 10 atom stereocenters. The number of hydrogen-bond acceptors (Lipinski definition) is 10. The van der Waals surface area contributed by atoms with Crippen LogP contribution in [0.1, 0.15) is 6.92 Å². The lowest BCUT2D eigenvalue weighted by molar-refractivity contribution is -0.352. The number of rotatable bonds is 3. The van der Waals surface area contributed by atoms with Crippen LogP contribution < -0.4 is 0 Å². The average molecular weight is 326 g/mol. The van der Waals surface area contributed by atoms with E-state index < -0.39 is 68.0 Å². The van der Waals surface area contributed by atoms with E-state index in [0.29, 0.717) is 0 Å². The molecule has 0 unspecified atom stereocenters. The summed E-state index contributed by atoms with van der Waals surface area (Å²) in [4.78, 5) is 0. The van der Waals surface area contributed by atoms with Gasteiger partial charge in [0.25, 0.3) is 0 Å². The molecule has 0 aromatic rings. The van der Waals surface area contributed by atoms with Crippen LogP contribution in [-0.2, 0) is 14.2 Å². The van der Waals surface area contributed by atoms with Gasteiger partial charge in [-0.2, -0.15) is 0 Å². The molecule has 0 aliphatic carbocycles. The summed E-state index contributed by atoms with van der Waals surface area (Å²) in [5.41, 5.74) is 0. The molecule has 2 rings (SSSR count). The van der Waals surface area contributed by atoms with Crippen molar-refractivity contribution in [3.05, 3.63) is 0 Å². The van der Waals surface area contributed by atoms with Gasteiger partial charge >= 0.3 is 0 Å². The Balaban J connectivity index is 2.10. The van der Waals surface area contributed by atoms with Crippen LogP contribution in [0, 0.1) is 0 Å². The summed E-state index contributed by atoms with van der Waals surface area (Å²) < 4.78 is 15.3. The molecular weight excluding hydrogens is 304 g/mol. The second kappa shape index (κ2) is 7.01. The minimum absolute atomic E-state index is 0.628. The monoisotopic (exact) mass is 326 g/mol. The normalized spacial score (nSPS) is 53.5. The van der Waals surface area contributed by atoms with Crippen molar-refractivity contribution in [3.63, 3.8) is 0 Å². The van der Waals surface area contributed by atoms with Crippen LogP contribution in [0.2, 0.25) is 0 Å². The Morgan fingerprint density at radius 3 is 2.05 bits per heavy atom. The predicted molar refractivity (Wildman–Crippen MR) is 67.2 cm³/mol. The number of hydrogen-bond donors (Lipinski definition) is 7. The molecule has 0 radical (unpaired) electrons. The van der Waals surface area contributed by atoms with Gasteiger partial charge in [0.1, 0.15) is 42.7 Å². The van der Waals surface area contributed by atoms with Gasteiger partial charge in [0.2, 0.25) is 0 Å². The van der Waals surface area contributed by atoms with Gasteiger partial charge in [0.05, 0.1) is 12.7 Å². The lowest BCUT2D eigenvalue weighted by Crippen LogP contribution is -2.63.